The maximum atomic E-state index is 15.0. The number of nitriles is 1. The van der Waals surface area contributed by atoms with Crippen LogP contribution in [0.15, 0.2) is 36.5 Å². The van der Waals surface area contributed by atoms with Crippen molar-refractivity contribution in [2.24, 2.45) is 0 Å². The number of benzene rings is 1. The van der Waals surface area contributed by atoms with Crippen LogP contribution in [-0.2, 0) is 11.3 Å². The first-order valence-corrected chi connectivity index (χ1v) is 13.2. The van der Waals surface area contributed by atoms with Crippen LogP contribution in [0.1, 0.15) is 69.1 Å². The first-order valence-electron chi connectivity index (χ1n) is 13.2. The van der Waals surface area contributed by atoms with Crippen LogP contribution in [0.5, 0.6) is 0 Å². The molecule has 2 atom stereocenters. The Balaban J connectivity index is 1.64. The van der Waals surface area contributed by atoms with Gasteiger partial charge in [-0.3, -0.25) is 4.79 Å². The number of carbonyl (C=O) groups is 2. The molecule has 40 heavy (non-hydrogen) atoms. The Hall–Kier alpha value is -4.30. The number of hydrogen-bond acceptors (Lipinski definition) is 8. The molecule has 1 fully saturated rings. The van der Waals surface area contributed by atoms with E-state index in [2.05, 4.69) is 9.88 Å². The first-order chi connectivity index (χ1) is 18.9. The van der Waals surface area contributed by atoms with Gasteiger partial charge >= 0.3 is 6.09 Å². The molecule has 1 saturated heterocycles. The Morgan fingerprint density at radius 2 is 1.88 bits per heavy atom. The van der Waals surface area contributed by atoms with Gasteiger partial charge in [-0.1, -0.05) is 6.07 Å². The predicted molar refractivity (Wildman–Crippen MR) is 144 cm³/mol. The summed E-state index contributed by atoms with van der Waals surface area (Å²) in [7, 11) is 0. The van der Waals surface area contributed by atoms with Gasteiger partial charge in [-0.15, -0.1) is 0 Å². The second kappa shape index (κ2) is 10.0. The van der Waals surface area contributed by atoms with E-state index in [0.29, 0.717) is 24.3 Å². The topological polar surface area (TPSA) is 125 Å². The monoisotopic (exact) mass is 546 g/mol. The van der Waals surface area contributed by atoms with Crippen molar-refractivity contribution < 1.29 is 23.8 Å². The van der Waals surface area contributed by atoms with Crippen molar-refractivity contribution in [1.82, 2.24) is 19.7 Å². The van der Waals surface area contributed by atoms with Crippen LogP contribution in [0.3, 0.4) is 0 Å². The number of pyridine rings is 1. The van der Waals surface area contributed by atoms with E-state index >= 15 is 4.39 Å². The number of aliphatic hydroxyl groups is 1. The second-order valence-electron chi connectivity index (χ2n) is 11.3. The summed E-state index contributed by atoms with van der Waals surface area (Å²) in [5, 5.41) is 24.6. The van der Waals surface area contributed by atoms with E-state index in [1.807, 2.05) is 26.0 Å². The smallest absolute Gasteiger partial charge is 0.417 e. The number of amides is 2. The number of carbonyl (C=O) groups excluding carboxylic acids is 2. The molecule has 1 N–H and O–H groups in total. The number of rotatable bonds is 3. The Bertz CT molecular complexity index is 1530. The van der Waals surface area contributed by atoms with Gasteiger partial charge in [-0.25, -0.2) is 23.8 Å². The van der Waals surface area contributed by atoms with Crippen molar-refractivity contribution in [1.29, 1.82) is 5.26 Å². The van der Waals surface area contributed by atoms with Crippen molar-refractivity contribution >= 4 is 17.8 Å². The van der Waals surface area contributed by atoms with Gasteiger partial charge in [-0.2, -0.15) is 10.4 Å². The minimum atomic E-state index is -0.825. The molecule has 0 bridgehead atoms. The van der Waals surface area contributed by atoms with Gasteiger partial charge < -0.3 is 14.7 Å². The van der Waals surface area contributed by atoms with Crippen LogP contribution in [0.4, 0.5) is 15.0 Å². The zero-order chi connectivity index (χ0) is 28.9. The molecule has 1 aromatic carbocycles. The summed E-state index contributed by atoms with van der Waals surface area (Å²) in [5.41, 5.74) is 0.0900. The molecule has 11 heteroatoms. The van der Waals surface area contributed by atoms with Crippen LogP contribution in [0.25, 0.3) is 16.9 Å². The minimum absolute atomic E-state index is 0.00291. The fraction of sp³-hybridized carbons (Fsp3) is 0.414. The molecule has 0 unspecified atom stereocenters. The largest absolute Gasteiger partial charge is 0.443 e. The maximum absolute atomic E-state index is 15.0. The summed E-state index contributed by atoms with van der Waals surface area (Å²) in [6.07, 6.45) is 1.68. The highest BCUT2D eigenvalue weighted by molar-refractivity contribution is 6.08. The van der Waals surface area contributed by atoms with Crippen molar-refractivity contribution in [2.75, 3.05) is 4.90 Å². The van der Waals surface area contributed by atoms with Crippen molar-refractivity contribution in [3.05, 3.63) is 59.2 Å². The molecule has 2 aromatic heterocycles. The molecule has 2 amide bonds. The lowest BCUT2D eigenvalue weighted by atomic mass is 9.95. The first kappa shape index (κ1) is 27.3. The minimum Gasteiger partial charge on any atom is -0.443 e. The summed E-state index contributed by atoms with van der Waals surface area (Å²) in [6, 6.07) is 9.56. The van der Waals surface area contributed by atoms with E-state index in [1.165, 1.54) is 28.9 Å². The van der Waals surface area contributed by atoms with Crippen LogP contribution in [0.2, 0.25) is 0 Å². The SMILES string of the molecule is C[C@@H]1CC(O)C[C@@H](C)N1c1ccn(-c2cc(-c3c(F)cccc3C#N)nc3c2C(=O)N(C(=O)OC(C)(C)C)C3)n1. The number of imide groups is 1. The van der Waals surface area contributed by atoms with E-state index in [0.717, 1.165) is 4.90 Å². The Morgan fingerprint density at radius 1 is 1.18 bits per heavy atom. The molecule has 208 valence electrons. The van der Waals surface area contributed by atoms with Gasteiger partial charge in [-0.05, 0) is 65.7 Å². The highest BCUT2D eigenvalue weighted by Gasteiger charge is 2.39. The Kier molecular flexibility index (Phi) is 6.84. The maximum Gasteiger partial charge on any atom is 0.417 e. The molecular formula is C29H31FN6O4. The molecule has 3 aromatic rings. The highest BCUT2D eigenvalue weighted by atomic mass is 19.1. The van der Waals surface area contributed by atoms with Crippen LogP contribution in [0, 0.1) is 17.1 Å². The molecule has 2 aliphatic rings. The summed E-state index contributed by atoms with van der Waals surface area (Å²) >= 11 is 0. The van der Waals surface area contributed by atoms with E-state index in [-0.39, 0.29) is 52.8 Å². The van der Waals surface area contributed by atoms with Crippen molar-refractivity contribution in [3.8, 4) is 23.0 Å². The summed E-state index contributed by atoms with van der Waals surface area (Å²) < 4.78 is 22.0. The Morgan fingerprint density at radius 3 is 2.52 bits per heavy atom. The zero-order valence-corrected chi connectivity index (χ0v) is 23.1. The van der Waals surface area contributed by atoms with Crippen molar-refractivity contribution in [3.63, 3.8) is 0 Å². The van der Waals surface area contributed by atoms with Crippen LogP contribution < -0.4 is 4.90 Å². The predicted octanol–water partition coefficient (Wildman–Crippen LogP) is 4.57. The standard InChI is InChI=1S/C29H31FN6O4/c1-16-11-19(37)12-17(2)36(16)24-9-10-35(33-24)23-13-21(25-18(14-31)7-6-8-20(25)30)32-22-15-34(27(38)26(22)23)28(39)40-29(3,4)5/h6-10,13,16-17,19,37H,11-12,15H2,1-5H3/t16-,17-/m1/s1. The van der Waals surface area contributed by atoms with Crippen molar-refractivity contribution in [2.45, 2.75) is 77.8 Å². The Labute approximate surface area is 231 Å². The third kappa shape index (κ3) is 4.91. The quantitative estimate of drug-likeness (QED) is 0.506. The van der Waals surface area contributed by atoms with Gasteiger partial charge in [0.15, 0.2) is 5.82 Å². The van der Waals surface area contributed by atoms with E-state index in [9.17, 15) is 20.0 Å². The number of ether oxygens (including phenoxy) is 1. The average molecular weight is 547 g/mol. The van der Waals surface area contributed by atoms with Gasteiger partial charge in [0, 0.05) is 24.3 Å². The normalized spacial score (nSPS) is 20.9. The fourth-order valence-corrected chi connectivity index (χ4v) is 5.52. The zero-order valence-electron chi connectivity index (χ0n) is 23.1. The van der Waals surface area contributed by atoms with Gasteiger partial charge in [0.2, 0.25) is 0 Å². The highest BCUT2D eigenvalue weighted by Crippen LogP contribution is 2.35. The molecule has 0 spiro atoms. The number of nitrogens with zero attached hydrogens (tertiary/aromatic N) is 6. The number of aromatic nitrogens is 3. The number of aliphatic hydroxyl groups excluding tert-OH is 1. The lowest BCUT2D eigenvalue weighted by molar-refractivity contribution is 0.0247. The number of anilines is 1. The molecule has 0 saturated carbocycles. The lowest BCUT2D eigenvalue weighted by Crippen LogP contribution is -2.48. The number of halogens is 1. The second-order valence-corrected chi connectivity index (χ2v) is 11.3. The third-order valence-corrected chi connectivity index (χ3v) is 7.11. The molecule has 0 aliphatic carbocycles. The average Bonchev–Trinajstić information content (AvgIpc) is 3.46. The summed E-state index contributed by atoms with van der Waals surface area (Å²) in [5.74, 6) is -0.592. The van der Waals surface area contributed by atoms with Gasteiger partial charge in [0.05, 0.1) is 52.5 Å². The molecule has 0 radical (unpaired) electrons. The van der Waals surface area contributed by atoms with E-state index in [1.54, 1.807) is 27.0 Å². The van der Waals surface area contributed by atoms with Crippen LogP contribution >= 0.6 is 0 Å². The number of fused-ring (bicyclic) bond motifs is 1. The summed E-state index contributed by atoms with van der Waals surface area (Å²) in [4.78, 5) is 34.1. The number of hydrogen-bond donors (Lipinski definition) is 1. The molecule has 5 rings (SSSR count). The molecule has 2 aliphatic heterocycles. The number of piperidine rings is 1. The lowest BCUT2D eigenvalue weighted by Gasteiger charge is -2.41. The molecular weight excluding hydrogens is 515 g/mol. The van der Waals surface area contributed by atoms with Gasteiger partial charge in [0.1, 0.15) is 11.4 Å². The fourth-order valence-electron chi connectivity index (χ4n) is 5.52. The van der Waals surface area contributed by atoms with Crippen LogP contribution in [-0.4, -0.2) is 60.6 Å². The van der Waals surface area contributed by atoms with Gasteiger partial charge in [0.25, 0.3) is 5.91 Å². The summed E-state index contributed by atoms with van der Waals surface area (Å²) in [6.45, 7) is 8.97. The third-order valence-electron chi connectivity index (χ3n) is 7.11. The van der Waals surface area contributed by atoms with E-state index < -0.39 is 23.4 Å². The molecule has 4 heterocycles. The molecule has 10 nitrogen and oxygen atoms in total. The van der Waals surface area contributed by atoms with E-state index in [4.69, 9.17) is 9.84 Å².